The van der Waals surface area contributed by atoms with Crippen molar-refractivity contribution < 1.29 is 8.78 Å². The van der Waals surface area contributed by atoms with E-state index in [0.29, 0.717) is 5.92 Å². The van der Waals surface area contributed by atoms with Crippen LogP contribution in [0.5, 0.6) is 0 Å². The molecule has 2 aromatic rings. The van der Waals surface area contributed by atoms with Gasteiger partial charge in [-0.2, -0.15) is 0 Å². The number of rotatable bonds is 3. The Hall–Kier alpha value is -2.23. The third-order valence-electron chi connectivity index (χ3n) is 4.99. The van der Waals surface area contributed by atoms with Crippen LogP contribution in [-0.2, 0) is 0 Å². The summed E-state index contributed by atoms with van der Waals surface area (Å²) in [5.41, 5.74) is 3.75. The Bertz CT molecular complexity index is 812. The van der Waals surface area contributed by atoms with Crippen LogP contribution in [0.3, 0.4) is 0 Å². The van der Waals surface area contributed by atoms with E-state index in [9.17, 15) is 8.78 Å². The summed E-state index contributed by atoms with van der Waals surface area (Å²) in [6, 6.07) is 9.67. The fraction of sp³-hybridized carbons (Fsp3) is 0.381. The molecule has 1 aliphatic rings. The first-order valence-electron chi connectivity index (χ1n) is 8.72. The maximum Gasteiger partial charge on any atom is 0.151 e. The second-order valence-corrected chi connectivity index (χ2v) is 7.33. The van der Waals surface area contributed by atoms with Crippen molar-refractivity contribution in [2.45, 2.75) is 45.6 Å². The number of benzene rings is 2. The zero-order valence-electron chi connectivity index (χ0n) is 15.2. The fourth-order valence-corrected chi connectivity index (χ4v) is 3.92. The lowest BCUT2D eigenvalue weighted by molar-refractivity contribution is 0.381. The monoisotopic (exact) mass is 342 g/mol. The molecular weight excluding hydrogens is 318 g/mol. The molecular formula is C21H24F2N2. The molecule has 2 nitrogen and oxygen atoms in total. The Morgan fingerprint density at radius 1 is 1.20 bits per heavy atom. The first-order valence-corrected chi connectivity index (χ1v) is 8.72. The minimum absolute atomic E-state index is 0.133. The molecule has 0 spiro atoms. The second kappa shape index (κ2) is 6.58. The van der Waals surface area contributed by atoms with Crippen LogP contribution < -0.4 is 4.90 Å². The first kappa shape index (κ1) is 17.6. The zero-order chi connectivity index (χ0) is 18.2. The van der Waals surface area contributed by atoms with Crippen LogP contribution >= 0.6 is 0 Å². The van der Waals surface area contributed by atoms with Crippen molar-refractivity contribution in [3.8, 4) is 0 Å². The normalized spacial score (nSPS) is 19.3. The van der Waals surface area contributed by atoms with Crippen LogP contribution in [0.1, 0.15) is 51.2 Å². The van der Waals surface area contributed by atoms with Gasteiger partial charge in [0.1, 0.15) is 5.82 Å². The second-order valence-electron chi connectivity index (χ2n) is 7.33. The Labute approximate surface area is 148 Å². The number of fused-ring (bicyclic) bond motifs is 1. The topological polar surface area (TPSA) is 15.6 Å². The fourth-order valence-electron chi connectivity index (χ4n) is 3.92. The predicted molar refractivity (Wildman–Crippen MR) is 100 cm³/mol. The highest BCUT2D eigenvalue weighted by Crippen LogP contribution is 2.43. The number of anilines is 1. The third kappa shape index (κ3) is 3.44. The van der Waals surface area contributed by atoms with Crippen molar-refractivity contribution in [3.05, 3.63) is 59.2 Å². The van der Waals surface area contributed by atoms with Crippen molar-refractivity contribution in [2.24, 2.45) is 4.99 Å². The molecule has 0 radical (unpaired) electrons. The number of hydrogen-bond acceptors (Lipinski definition) is 2. The van der Waals surface area contributed by atoms with Gasteiger partial charge < -0.3 is 4.90 Å². The van der Waals surface area contributed by atoms with E-state index >= 15 is 0 Å². The van der Waals surface area contributed by atoms with Gasteiger partial charge in [0.25, 0.3) is 0 Å². The molecule has 25 heavy (non-hydrogen) atoms. The summed E-state index contributed by atoms with van der Waals surface area (Å²) in [7, 11) is 0. The van der Waals surface area contributed by atoms with Gasteiger partial charge in [-0.25, -0.2) is 8.78 Å². The average molecular weight is 342 g/mol. The smallest absolute Gasteiger partial charge is 0.151 e. The molecule has 1 unspecified atom stereocenters. The summed E-state index contributed by atoms with van der Waals surface area (Å²) in [5.74, 6) is -0.800. The number of hydrogen-bond donors (Lipinski definition) is 0. The summed E-state index contributed by atoms with van der Waals surface area (Å²) in [6.45, 7) is 9.94. The molecule has 4 heteroatoms. The van der Waals surface area contributed by atoms with Gasteiger partial charge in [-0.05, 0) is 68.5 Å². The standard InChI is InChI=1S/C21H24F2N2/c1-5-25-20-9-6-15(10-17(20)14(2)12-21(25,3)4)13-24-19-8-7-16(22)11-18(19)23/h6-11,13-14H,5,12H2,1-4H3. The molecule has 132 valence electrons. The molecule has 0 aliphatic carbocycles. The van der Waals surface area contributed by atoms with E-state index in [2.05, 4.69) is 49.7 Å². The van der Waals surface area contributed by atoms with E-state index < -0.39 is 11.6 Å². The minimum Gasteiger partial charge on any atom is -0.366 e. The van der Waals surface area contributed by atoms with E-state index in [1.807, 2.05) is 6.07 Å². The summed E-state index contributed by atoms with van der Waals surface area (Å²) < 4.78 is 26.7. The summed E-state index contributed by atoms with van der Waals surface area (Å²) >= 11 is 0. The quantitative estimate of drug-likeness (QED) is 0.641. The van der Waals surface area contributed by atoms with Gasteiger partial charge in [0.2, 0.25) is 0 Å². The van der Waals surface area contributed by atoms with Crippen LogP contribution in [0.25, 0.3) is 0 Å². The van der Waals surface area contributed by atoms with Gasteiger partial charge in [-0.15, -0.1) is 0 Å². The first-order chi connectivity index (χ1) is 11.8. The zero-order valence-corrected chi connectivity index (χ0v) is 15.2. The van der Waals surface area contributed by atoms with E-state index in [1.54, 1.807) is 6.21 Å². The maximum absolute atomic E-state index is 13.7. The summed E-state index contributed by atoms with van der Waals surface area (Å²) in [4.78, 5) is 6.61. The van der Waals surface area contributed by atoms with Crippen LogP contribution in [0.4, 0.5) is 20.2 Å². The van der Waals surface area contributed by atoms with Gasteiger partial charge in [0.15, 0.2) is 5.82 Å². The van der Waals surface area contributed by atoms with E-state index in [4.69, 9.17) is 0 Å². The minimum atomic E-state index is -0.651. The lowest BCUT2D eigenvalue weighted by Gasteiger charge is -2.47. The molecule has 0 saturated carbocycles. The Morgan fingerprint density at radius 3 is 2.64 bits per heavy atom. The molecule has 0 fully saturated rings. The van der Waals surface area contributed by atoms with Gasteiger partial charge in [-0.3, -0.25) is 4.99 Å². The molecule has 1 heterocycles. The van der Waals surface area contributed by atoms with Gasteiger partial charge in [0.05, 0.1) is 5.69 Å². The summed E-state index contributed by atoms with van der Waals surface area (Å²) in [6.07, 6.45) is 2.72. The Kier molecular flexibility index (Phi) is 4.63. The highest BCUT2D eigenvalue weighted by Gasteiger charge is 2.35. The molecule has 0 bridgehead atoms. The Morgan fingerprint density at radius 2 is 1.96 bits per heavy atom. The van der Waals surface area contributed by atoms with Crippen LogP contribution in [0.15, 0.2) is 41.4 Å². The molecule has 0 saturated heterocycles. The summed E-state index contributed by atoms with van der Waals surface area (Å²) in [5, 5.41) is 0. The van der Waals surface area contributed by atoms with E-state index in [0.717, 1.165) is 24.6 Å². The average Bonchev–Trinajstić information content (AvgIpc) is 2.54. The van der Waals surface area contributed by atoms with Crippen molar-refractivity contribution in [1.82, 2.24) is 0 Å². The van der Waals surface area contributed by atoms with Crippen LogP contribution in [0.2, 0.25) is 0 Å². The van der Waals surface area contributed by atoms with Gasteiger partial charge >= 0.3 is 0 Å². The molecule has 1 atom stereocenters. The molecule has 0 aromatic heterocycles. The molecule has 0 amide bonds. The molecule has 2 aromatic carbocycles. The number of halogens is 2. The van der Waals surface area contributed by atoms with Crippen molar-refractivity contribution in [3.63, 3.8) is 0 Å². The number of aliphatic imine (C=N–C) groups is 1. The van der Waals surface area contributed by atoms with Crippen LogP contribution in [0, 0.1) is 11.6 Å². The van der Waals surface area contributed by atoms with Crippen molar-refractivity contribution in [1.29, 1.82) is 0 Å². The largest absolute Gasteiger partial charge is 0.366 e. The van der Waals surface area contributed by atoms with E-state index in [1.165, 1.54) is 23.4 Å². The highest BCUT2D eigenvalue weighted by molar-refractivity contribution is 5.83. The van der Waals surface area contributed by atoms with Crippen molar-refractivity contribution in [2.75, 3.05) is 11.4 Å². The lowest BCUT2D eigenvalue weighted by atomic mass is 9.79. The lowest BCUT2D eigenvalue weighted by Crippen LogP contribution is -2.48. The SMILES string of the molecule is CCN1c2ccc(C=Nc3ccc(F)cc3F)cc2C(C)CC1(C)C. The van der Waals surface area contributed by atoms with Gasteiger partial charge in [0, 0.05) is 30.1 Å². The van der Waals surface area contributed by atoms with Crippen LogP contribution in [-0.4, -0.2) is 18.3 Å². The Balaban J connectivity index is 1.93. The van der Waals surface area contributed by atoms with Crippen molar-refractivity contribution >= 4 is 17.6 Å². The van der Waals surface area contributed by atoms with E-state index in [-0.39, 0.29) is 11.2 Å². The molecule has 3 rings (SSSR count). The molecule has 1 aliphatic heterocycles. The molecule has 0 N–H and O–H groups in total. The predicted octanol–water partition coefficient (Wildman–Crippen LogP) is 5.83. The number of nitrogens with zero attached hydrogens (tertiary/aromatic N) is 2. The third-order valence-corrected chi connectivity index (χ3v) is 4.99. The highest BCUT2D eigenvalue weighted by atomic mass is 19.1. The maximum atomic E-state index is 13.7. The van der Waals surface area contributed by atoms with Gasteiger partial charge in [-0.1, -0.05) is 13.0 Å².